The van der Waals surface area contributed by atoms with Gasteiger partial charge < -0.3 is 5.32 Å². The molecule has 0 bridgehead atoms. The van der Waals surface area contributed by atoms with Crippen molar-refractivity contribution in [2.75, 3.05) is 4.90 Å². The average molecular weight is 443 g/mol. The second kappa shape index (κ2) is 9.36. The summed E-state index contributed by atoms with van der Waals surface area (Å²) < 4.78 is 3.81. The number of anilines is 1. The Morgan fingerprint density at radius 2 is 1.80 bits per heavy atom. The molecule has 3 rings (SSSR count). The van der Waals surface area contributed by atoms with Gasteiger partial charge in [0.05, 0.1) is 0 Å². The van der Waals surface area contributed by atoms with Gasteiger partial charge in [-0.25, -0.2) is 0 Å². The molecule has 1 heterocycles. The first-order chi connectivity index (χ1) is 14.3. The zero-order valence-corrected chi connectivity index (χ0v) is 18.6. The van der Waals surface area contributed by atoms with E-state index < -0.39 is 17.5 Å². The van der Waals surface area contributed by atoms with Crippen molar-refractivity contribution in [3.63, 3.8) is 0 Å². The highest BCUT2D eigenvalue weighted by molar-refractivity contribution is 7.03. The van der Waals surface area contributed by atoms with Gasteiger partial charge in [-0.1, -0.05) is 53.3 Å². The second-order valence-electron chi connectivity index (χ2n) is 7.48. The quantitative estimate of drug-likeness (QED) is 0.565. The molecule has 0 spiro atoms. The van der Waals surface area contributed by atoms with Gasteiger partial charge in [-0.15, -0.1) is 5.10 Å². The highest BCUT2D eigenvalue weighted by atomic mass is 35.5. The molecule has 3 aromatic rings. The van der Waals surface area contributed by atoms with E-state index in [9.17, 15) is 9.59 Å². The van der Waals surface area contributed by atoms with Crippen molar-refractivity contribution in [2.24, 2.45) is 0 Å². The van der Waals surface area contributed by atoms with E-state index in [-0.39, 0.29) is 11.6 Å². The number of aromatic nitrogens is 2. The average Bonchev–Trinajstić information content (AvgIpc) is 3.27. The summed E-state index contributed by atoms with van der Waals surface area (Å²) in [5.41, 5.74) is 0.976. The number of nitrogens with one attached hydrogen (secondary N) is 1. The highest BCUT2D eigenvalue weighted by Crippen LogP contribution is 2.31. The number of carbonyl (C=O) groups is 2. The predicted octanol–water partition coefficient (Wildman–Crippen LogP) is 4.88. The van der Waals surface area contributed by atoms with Crippen LogP contribution in [0.5, 0.6) is 0 Å². The lowest BCUT2D eigenvalue weighted by Crippen LogP contribution is -2.50. The fraction of sp³-hybridized carbons (Fsp3) is 0.273. The number of rotatable bonds is 7. The van der Waals surface area contributed by atoms with Gasteiger partial charge in [0.25, 0.3) is 5.91 Å². The molecule has 0 saturated heterocycles. The van der Waals surface area contributed by atoms with Crippen LogP contribution < -0.4 is 10.2 Å². The molecular formula is C22H23ClN4O2S. The Bertz CT molecular complexity index is 992. The van der Waals surface area contributed by atoms with Crippen molar-refractivity contribution < 1.29 is 9.59 Å². The first-order valence-corrected chi connectivity index (χ1v) is 10.8. The Morgan fingerprint density at radius 3 is 2.37 bits per heavy atom. The van der Waals surface area contributed by atoms with Gasteiger partial charge in [0, 0.05) is 21.6 Å². The van der Waals surface area contributed by atoms with Crippen LogP contribution >= 0.6 is 23.1 Å². The summed E-state index contributed by atoms with van der Waals surface area (Å²) in [5.74, 6) is -0.691. The van der Waals surface area contributed by atoms with Crippen LogP contribution in [-0.2, 0) is 4.79 Å². The molecule has 1 atom stereocenters. The SMILES string of the molecule is CCC(C)(C)NC(=O)C(c1ccc(Cl)cc1)N(C(=O)c1csnn1)c1ccccc1. The van der Waals surface area contributed by atoms with Crippen molar-refractivity contribution in [2.45, 2.75) is 38.8 Å². The molecule has 156 valence electrons. The zero-order chi connectivity index (χ0) is 21.7. The fourth-order valence-corrected chi connectivity index (χ4v) is 3.46. The van der Waals surface area contributed by atoms with Crippen LogP contribution in [0.3, 0.4) is 0 Å². The summed E-state index contributed by atoms with van der Waals surface area (Å²) in [6.07, 6.45) is 0.737. The summed E-state index contributed by atoms with van der Waals surface area (Å²) in [4.78, 5) is 28.4. The van der Waals surface area contributed by atoms with Crippen LogP contribution in [0.2, 0.25) is 5.02 Å². The minimum atomic E-state index is -0.912. The van der Waals surface area contributed by atoms with Crippen LogP contribution in [0.15, 0.2) is 60.0 Å². The Labute approximate surface area is 185 Å². The molecule has 0 radical (unpaired) electrons. The largest absolute Gasteiger partial charge is 0.349 e. The maximum absolute atomic E-state index is 13.5. The minimum absolute atomic E-state index is 0.186. The first-order valence-electron chi connectivity index (χ1n) is 9.55. The van der Waals surface area contributed by atoms with E-state index >= 15 is 0 Å². The van der Waals surface area contributed by atoms with E-state index in [1.54, 1.807) is 41.8 Å². The number of hydrogen-bond donors (Lipinski definition) is 1. The fourth-order valence-electron chi connectivity index (χ4n) is 2.91. The molecule has 2 amide bonds. The van der Waals surface area contributed by atoms with Crippen molar-refractivity contribution >= 4 is 40.6 Å². The van der Waals surface area contributed by atoms with Gasteiger partial charge in [-0.05, 0) is 61.6 Å². The molecule has 1 N–H and O–H groups in total. The van der Waals surface area contributed by atoms with Gasteiger partial charge in [0.15, 0.2) is 5.69 Å². The summed E-state index contributed by atoms with van der Waals surface area (Å²) in [6, 6.07) is 15.1. The predicted molar refractivity (Wildman–Crippen MR) is 120 cm³/mol. The second-order valence-corrected chi connectivity index (χ2v) is 8.53. The van der Waals surface area contributed by atoms with Crippen molar-refractivity contribution in [1.82, 2.24) is 14.9 Å². The lowest BCUT2D eigenvalue weighted by molar-refractivity contribution is -0.124. The van der Waals surface area contributed by atoms with Crippen LogP contribution in [0.4, 0.5) is 5.69 Å². The van der Waals surface area contributed by atoms with E-state index in [0.717, 1.165) is 18.0 Å². The monoisotopic (exact) mass is 442 g/mol. The molecule has 0 aliphatic heterocycles. The maximum atomic E-state index is 13.5. The lowest BCUT2D eigenvalue weighted by Gasteiger charge is -2.34. The molecule has 6 nitrogen and oxygen atoms in total. The molecule has 30 heavy (non-hydrogen) atoms. The molecule has 0 saturated carbocycles. The number of carbonyl (C=O) groups excluding carboxylic acids is 2. The van der Waals surface area contributed by atoms with Gasteiger partial charge in [0.1, 0.15) is 6.04 Å². The van der Waals surface area contributed by atoms with Crippen LogP contribution in [0.1, 0.15) is 49.3 Å². The third-order valence-corrected chi connectivity index (χ3v) is 5.63. The Hall–Kier alpha value is -2.77. The summed E-state index contributed by atoms with van der Waals surface area (Å²) in [6.45, 7) is 5.89. The molecule has 0 fully saturated rings. The normalized spacial score (nSPS) is 12.3. The van der Waals surface area contributed by atoms with Crippen LogP contribution in [0.25, 0.3) is 0 Å². The van der Waals surface area contributed by atoms with Crippen LogP contribution in [-0.4, -0.2) is 26.9 Å². The molecular weight excluding hydrogens is 420 g/mol. The van der Waals surface area contributed by atoms with Crippen molar-refractivity contribution in [3.05, 3.63) is 76.3 Å². The van der Waals surface area contributed by atoms with Gasteiger partial charge in [-0.2, -0.15) is 0 Å². The Morgan fingerprint density at radius 1 is 1.13 bits per heavy atom. The van der Waals surface area contributed by atoms with Crippen LogP contribution in [0, 0.1) is 0 Å². The van der Waals surface area contributed by atoms with E-state index in [2.05, 4.69) is 14.9 Å². The summed E-state index contributed by atoms with van der Waals surface area (Å²) in [5, 5.41) is 9.12. The summed E-state index contributed by atoms with van der Waals surface area (Å²) in [7, 11) is 0. The third kappa shape index (κ3) is 5.04. The molecule has 1 unspecified atom stereocenters. The minimum Gasteiger partial charge on any atom is -0.349 e. The lowest BCUT2D eigenvalue weighted by atomic mass is 9.98. The Balaban J connectivity index is 2.14. The molecule has 1 aromatic heterocycles. The topological polar surface area (TPSA) is 75.2 Å². The van der Waals surface area contributed by atoms with E-state index in [1.165, 1.54) is 4.90 Å². The standard InChI is InChI=1S/C22H23ClN4O2S/c1-4-22(2,3)24-20(28)19(15-10-12-16(23)13-11-15)27(17-8-6-5-7-9-17)21(29)18-14-30-26-25-18/h5-14,19H,4H2,1-3H3,(H,24,28). The number of hydrogen-bond acceptors (Lipinski definition) is 5. The van der Waals surface area contributed by atoms with E-state index in [0.29, 0.717) is 16.3 Å². The molecule has 0 aliphatic carbocycles. The Kier molecular flexibility index (Phi) is 6.84. The van der Waals surface area contributed by atoms with Gasteiger partial charge in [0.2, 0.25) is 5.91 Å². The van der Waals surface area contributed by atoms with Crippen molar-refractivity contribution in [1.29, 1.82) is 0 Å². The highest BCUT2D eigenvalue weighted by Gasteiger charge is 2.36. The number of benzene rings is 2. The van der Waals surface area contributed by atoms with E-state index in [4.69, 9.17) is 11.6 Å². The smallest absolute Gasteiger partial charge is 0.280 e. The van der Waals surface area contributed by atoms with Crippen molar-refractivity contribution in [3.8, 4) is 0 Å². The zero-order valence-electron chi connectivity index (χ0n) is 17.0. The first kappa shape index (κ1) is 21.9. The number of para-hydroxylation sites is 1. The number of nitrogens with zero attached hydrogens (tertiary/aromatic N) is 3. The number of halogens is 1. The molecule has 2 aromatic carbocycles. The maximum Gasteiger partial charge on any atom is 0.280 e. The van der Waals surface area contributed by atoms with Gasteiger partial charge >= 0.3 is 0 Å². The third-order valence-electron chi connectivity index (χ3n) is 4.87. The molecule has 8 heteroatoms. The number of amides is 2. The van der Waals surface area contributed by atoms with E-state index in [1.807, 2.05) is 39.0 Å². The van der Waals surface area contributed by atoms with Gasteiger partial charge in [-0.3, -0.25) is 14.5 Å². The molecule has 0 aliphatic rings. The summed E-state index contributed by atoms with van der Waals surface area (Å²) >= 11 is 7.15.